The third-order valence-electron chi connectivity index (χ3n) is 3.24. The van der Waals surface area contributed by atoms with Gasteiger partial charge in [-0.1, -0.05) is 18.1 Å². The van der Waals surface area contributed by atoms with Gasteiger partial charge in [-0.25, -0.2) is 0 Å². The molecule has 1 atom stereocenters. The summed E-state index contributed by atoms with van der Waals surface area (Å²) >= 11 is 0. The third kappa shape index (κ3) is 2.82. The third-order valence-corrected chi connectivity index (χ3v) is 3.24. The van der Waals surface area contributed by atoms with Crippen LogP contribution in [0.5, 0.6) is 0 Å². The van der Waals surface area contributed by atoms with Gasteiger partial charge in [-0.05, 0) is 32.1 Å². The Morgan fingerprint density at radius 3 is 2.93 bits per heavy atom. The summed E-state index contributed by atoms with van der Waals surface area (Å²) in [7, 11) is 0. The first-order valence-corrected chi connectivity index (χ1v) is 5.83. The molecule has 14 heavy (non-hydrogen) atoms. The summed E-state index contributed by atoms with van der Waals surface area (Å²) in [6.07, 6.45) is 7.88. The van der Waals surface area contributed by atoms with E-state index in [4.69, 9.17) is 4.74 Å². The van der Waals surface area contributed by atoms with Gasteiger partial charge < -0.3 is 10.1 Å². The van der Waals surface area contributed by atoms with Crippen molar-refractivity contribution in [3.8, 4) is 0 Å². The largest absolute Gasteiger partial charge is 0.379 e. The first-order valence-electron chi connectivity index (χ1n) is 5.83. The van der Waals surface area contributed by atoms with E-state index in [9.17, 15) is 0 Å². The van der Waals surface area contributed by atoms with Gasteiger partial charge in [-0.2, -0.15) is 0 Å². The van der Waals surface area contributed by atoms with E-state index in [1.807, 2.05) is 0 Å². The molecule has 2 nitrogen and oxygen atoms in total. The van der Waals surface area contributed by atoms with Crippen molar-refractivity contribution in [2.75, 3.05) is 19.8 Å². The summed E-state index contributed by atoms with van der Waals surface area (Å²) in [4.78, 5) is 0. The van der Waals surface area contributed by atoms with Gasteiger partial charge in [0.05, 0.1) is 13.2 Å². The lowest BCUT2D eigenvalue weighted by atomic mass is 9.83. The van der Waals surface area contributed by atoms with Gasteiger partial charge in [0, 0.05) is 12.6 Å². The van der Waals surface area contributed by atoms with Crippen LogP contribution in [0.1, 0.15) is 32.6 Å². The average molecular weight is 195 g/mol. The molecule has 2 aliphatic rings. The van der Waals surface area contributed by atoms with Gasteiger partial charge in [0.25, 0.3) is 0 Å². The molecule has 0 radical (unpaired) electrons. The summed E-state index contributed by atoms with van der Waals surface area (Å²) in [5, 5.41) is 3.49. The predicted octanol–water partition coefficient (Wildman–Crippen LogP) is 2.11. The molecule has 80 valence electrons. The molecular weight excluding hydrogens is 174 g/mol. The molecule has 1 aliphatic carbocycles. The molecule has 0 aromatic carbocycles. The van der Waals surface area contributed by atoms with Crippen molar-refractivity contribution < 1.29 is 4.74 Å². The Hall–Kier alpha value is -0.340. The first kappa shape index (κ1) is 10.2. The maximum absolute atomic E-state index is 5.44. The normalized spacial score (nSPS) is 30.1. The number of hydrogen-bond acceptors (Lipinski definition) is 2. The molecule has 0 aromatic heterocycles. The van der Waals surface area contributed by atoms with Crippen molar-refractivity contribution in [2.45, 2.75) is 38.6 Å². The van der Waals surface area contributed by atoms with Crippen LogP contribution in [0.3, 0.4) is 0 Å². The van der Waals surface area contributed by atoms with Crippen LogP contribution >= 0.6 is 0 Å². The molecule has 0 aromatic rings. The fourth-order valence-corrected chi connectivity index (χ4v) is 2.22. The molecule has 1 heterocycles. The van der Waals surface area contributed by atoms with Crippen LogP contribution < -0.4 is 5.32 Å². The molecule has 2 heteroatoms. The first-order chi connectivity index (χ1) is 6.84. The molecule has 1 saturated heterocycles. The Kier molecular flexibility index (Phi) is 3.60. The van der Waals surface area contributed by atoms with E-state index >= 15 is 0 Å². The Labute approximate surface area is 86.7 Å². The lowest BCUT2D eigenvalue weighted by molar-refractivity contribution is 0.0769. The van der Waals surface area contributed by atoms with E-state index in [-0.39, 0.29) is 0 Å². The molecule has 2 fully saturated rings. The standard InChI is InChI=1S/C12H21NO/c1-10(7-11-3-2-4-11)8-12-9-14-6-5-13-12/h7,11-13H,2-6,8-9H2,1H3/b10-7+. The highest BCUT2D eigenvalue weighted by Gasteiger charge is 2.17. The van der Waals surface area contributed by atoms with Crippen molar-refractivity contribution in [1.29, 1.82) is 0 Å². The highest BCUT2D eigenvalue weighted by molar-refractivity contribution is 5.05. The summed E-state index contributed by atoms with van der Waals surface area (Å²) in [5.41, 5.74) is 1.54. The van der Waals surface area contributed by atoms with Crippen LogP contribution in [0.4, 0.5) is 0 Å². The van der Waals surface area contributed by atoms with Crippen molar-refractivity contribution >= 4 is 0 Å². The van der Waals surface area contributed by atoms with Crippen LogP contribution in [-0.4, -0.2) is 25.8 Å². The zero-order chi connectivity index (χ0) is 9.80. The highest BCUT2D eigenvalue weighted by Crippen LogP contribution is 2.29. The molecular formula is C12H21NO. The van der Waals surface area contributed by atoms with Crippen LogP contribution in [0, 0.1) is 5.92 Å². The zero-order valence-corrected chi connectivity index (χ0v) is 9.09. The topological polar surface area (TPSA) is 21.3 Å². The Morgan fingerprint density at radius 2 is 2.36 bits per heavy atom. The van der Waals surface area contributed by atoms with E-state index in [1.54, 1.807) is 0 Å². The van der Waals surface area contributed by atoms with Gasteiger partial charge in [0.1, 0.15) is 0 Å². The second-order valence-electron chi connectivity index (χ2n) is 4.63. The fourth-order valence-electron chi connectivity index (χ4n) is 2.22. The Balaban J connectivity index is 1.74. The number of hydrogen-bond donors (Lipinski definition) is 1. The zero-order valence-electron chi connectivity index (χ0n) is 9.09. The Morgan fingerprint density at radius 1 is 1.50 bits per heavy atom. The Bertz CT molecular complexity index is 202. The summed E-state index contributed by atoms with van der Waals surface area (Å²) in [5.74, 6) is 0.888. The molecule has 1 unspecified atom stereocenters. The number of ether oxygens (including phenoxy) is 1. The lowest BCUT2D eigenvalue weighted by Gasteiger charge is -2.26. The number of nitrogens with one attached hydrogen (secondary N) is 1. The molecule has 1 N–H and O–H groups in total. The minimum atomic E-state index is 0.556. The monoisotopic (exact) mass is 195 g/mol. The van der Waals surface area contributed by atoms with Crippen molar-refractivity contribution in [2.24, 2.45) is 5.92 Å². The van der Waals surface area contributed by atoms with E-state index in [0.717, 1.165) is 32.1 Å². The quantitative estimate of drug-likeness (QED) is 0.696. The van der Waals surface area contributed by atoms with E-state index in [1.165, 1.54) is 24.8 Å². The molecule has 1 saturated carbocycles. The van der Waals surface area contributed by atoms with Crippen molar-refractivity contribution in [3.05, 3.63) is 11.6 Å². The molecule has 2 rings (SSSR count). The fraction of sp³-hybridized carbons (Fsp3) is 0.833. The van der Waals surface area contributed by atoms with Crippen LogP contribution in [0.25, 0.3) is 0 Å². The van der Waals surface area contributed by atoms with E-state index in [2.05, 4.69) is 18.3 Å². The van der Waals surface area contributed by atoms with Crippen LogP contribution in [0.2, 0.25) is 0 Å². The SMILES string of the molecule is C/C(=C\C1CCC1)CC1COCCN1. The van der Waals surface area contributed by atoms with Gasteiger partial charge in [-0.15, -0.1) is 0 Å². The van der Waals surface area contributed by atoms with E-state index in [0.29, 0.717) is 6.04 Å². The number of rotatable bonds is 3. The van der Waals surface area contributed by atoms with Gasteiger partial charge in [-0.3, -0.25) is 0 Å². The highest BCUT2D eigenvalue weighted by atomic mass is 16.5. The van der Waals surface area contributed by atoms with Crippen LogP contribution in [0.15, 0.2) is 11.6 Å². The van der Waals surface area contributed by atoms with Gasteiger partial charge in [0.2, 0.25) is 0 Å². The summed E-state index contributed by atoms with van der Waals surface area (Å²) in [6.45, 7) is 5.04. The molecule has 0 amide bonds. The summed E-state index contributed by atoms with van der Waals surface area (Å²) < 4.78 is 5.44. The molecule has 1 aliphatic heterocycles. The molecule has 0 bridgehead atoms. The lowest BCUT2D eigenvalue weighted by Crippen LogP contribution is -2.41. The minimum absolute atomic E-state index is 0.556. The second-order valence-corrected chi connectivity index (χ2v) is 4.63. The predicted molar refractivity (Wildman–Crippen MR) is 58.3 cm³/mol. The van der Waals surface area contributed by atoms with Gasteiger partial charge >= 0.3 is 0 Å². The number of allylic oxidation sites excluding steroid dienone is 1. The molecule has 0 spiro atoms. The average Bonchev–Trinajstić information content (AvgIpc) is 2.13. The minimum Gasteiger partial charge on any atom is -0.379 e. The summed E-state index contributed by atoms with van der Waals surface area (Å²) in [6, 6.07) is 0.556. The smallest absolute Gasteiger partial charge is 0.0623 e. The van der Waals surface area contributed by atoms with Crippen molar-refractivity contribution in [3.63, 3.8) is 0 Å². The maximum Gasteiger partial charge on any atom is 0.0623 e. The number of morpholine rings is 1. The van der Waals surface area contributed by atoms with E-state index < -0.39 is 0 Å². The second kappa shape index (κ2) is 4.94. The van der Waals surface area contributed by atoms with Crippen molar-refractivity contribution in [1.82, 2.24) is 5.32 Å². The maximum atomic E-state index is 5.44. The van der Waals surface area contributed by atoms with Crippen LogP contribution in [-0.2, 0) is 4.74 Å². The van der Waals surface area contributed by atoms with Gasteiger partial charge in [0.15, 0.2) is 0 Å².